The highest BCUT2D eigenvalue weighted by molar-refractivity contribution is 5.57. The van der Waals surface area contributed by atoms with Crippen LogP contribution in [0.25, 0.3) is 0 Å². The first-order valence-electron chi connectivity index (χ1n) is 5.76. The Balaban J connectivity index is 1.91. The minimum absolute atomic E-state index is 0.284. The second-order valence-corrected chi connectivity index (χ2v) is 4.22. The van der Waals surface area contributed by atoms with Gasteiger partial charge in [0.25, 0.3) is 0 Å². The van der Waals surface area contributed by atoms with Gasteiger partial charge in [0.15, 0.2) is 0 Å². The fourth-order valence-corrected chi connectivity index (χ4v) is 2.48. The Kier molecular flexibility index (Phi) is 2.37. The standard InChI is InChI=1S/C13H16NO/c1-2-7-12-11(5-1)6-3-9-14(12)13-8-4-10-15-13/h1-2,5,7,9,13H,3-4,6,8,10H2. The van der Waals surface area contributed by atoms with Crippen molar-refractivity contribution in [1.29, 1.82) is 0 Å². The molecule has 1 unspecified atom stereocenters. The van der Waals surface area contributed by atoms with Crippen LogP contribution in [0.1, 0.15) is 24.8 Å². The van der Waals surface area contributed by atoms with Crippen LogP contribution in [0.5, 0.6) is 0 Å². The molecule has 0 saturated carbocycles. The van der Waals surface area contributed by atoms with Crippen molar-refractivity contribution in [2.24, 2.45) is 0 Å². The summed E-state index contributed by atoms with van der Waals surface area (Å²) in [5, 5.41) is 0. The van der Waals surface area contributed by atoms with Gasteiger partial charge < -0.3 is 9.64 Å². The van der Waals surface area contributed by atoms with Crippen molar-refractivity contribution < 1.29 is 4.74 Å². The number of fused-ring (bicyclic) bond motifs is 1. The first-order valence-corrected chi connectivity index (χ1v) is 5.76. The summed E-state index contributed by atoms with van der Waals surface area (Å²) in [6, 6.07) is 8.66. The van der Waals surface area contributed by atoms with Crippen LogP contribution in [0, 0.1) is 6.54 Å². The summed E-state index contributed by atoms with van der Waals surface area (Å²) in [6.07, 6.45) is 4.93. The molecule has 0 spiro atoms. The lowest BCUT2D eigenvalue weighted by molar-refractivity contribution is 0.110. The average molecular weight is 202 g/mol. The van der Waals surface area contributed by atoms with Crippen LogP contribution < -0.4 is 4.90 Å². The van der Waals surface area contributed by atoms with Gasteiger partial charge in [-0.25, -0.2) is 0 Å². The summed E-state index contributed by atoms with van der Waals surface area (Å²) in [7, 11) is 0. The highest BCUT2D eigenvalue weighted by atomic mass is 16.5. The Morgan fingerprint density at radius 3 is 3.07 bits per heavy atom. The number of hydrogen-bond acceptors (Lipinski definition) is 2. The Morgan fingerprint density at radius 2 is 2.20 bits per heavy atom. The molecule has 1 fully saturated rings. The summed E-state index contributed by atoms with van der Waals surface area (Å²) >= 11 is 0. The number of para-hydroxylation sites is 1. The zero-order chi connectivity index (χ0) is 10.1. The third kappa shape index (κ3) is 1.63. The number of nitrogens with zero attached hydrogens (tertiary/aromatic N) is 1. The third-order valence-corrected chi connectivity index (χ3v) is 3.23. The summed E-state index contributed by atoms with van der Waals surface area (Å²) in [5.41, 5.74) is 2.80. The van der Waals surface area contributed by atoms with E-state index in [1.807, 2.05) is 0 Å². The predicted octanol–water partition coefficient (Wildman–Crippen LogP) is 2.74. The van der Waals surface area contributed by atoms with E-state index in [-0.39, 0.29) is 6.23 Å². The fourth-order valence-electron chi connectivity index (χ4n) is 2.48. The van der Waals surface area contributed by atoms with Crippen LogP contribution in [0.2, 0.25) is 0 Å². The fraction of sp³-hybridized carbons (Fsp3) is 0.462. The second kappa shape index (κ2) is 3.86. The van der Waals surface area contributed by atoms with E-state index >= 15 is 0 Å². The number of rotatable bonds is 1. The molecule has 0 aromatic heterocycles. The molecular formula is C13H16NO. The summed E-state index contributed by atoms with van der Waals surface area (Å²) in [5.74, 6) is 0. The molecule has 1 atom stereocenters. The maximum atomic E-state index is 5.74. The van der Waals surface area contributed by atoms with Crippen LogP contribution in [-0.2, 0) is 11.2 Å². The molecule has 79 valence electrons. The lowest BCUT2D eigenvalue weighted by atomic mass is 10.0. The first-order chi connectivity index (χ1) is 7.45. The molecule has 2 aliphatic heterocycles. The molecule has 15 heavy (non-hydrogen) atoms. The minimum Gasteiger partial charge on any atom is -0.358 e. The van der Waals surface area contributed by atoms with Crippen molar-refractivity contribution in [2.45, 2.75) is 31.9 Å². The molecule has 0 N–H and O–H groups in total. The number of hydrogen-bond donors (Lipinski definition) is 0. The first kappa shape index (κ1) is 9.22. The maximum Gasteiger partial charge on any atom is 0.130 e. The topological polar surface area (TPSA) is 12.5 Å². The minimum atomic E-state index is 0.284. The smallest absolute Gasteiger partial charge is 0.130 e. The van der Waals surface area contributed by atoms with E-state index in [1.54, 1.807) is 0 Å². The van der Waals surface area contributed by atoms with E-state index in [9.17, 15) is 0 Å². The highest BCUT2D eigenvalue weighted by Gasteiger charge is 2.27. The van der Waals surface area contributed by atoms with Crippen LogP contribution in [0.4, 0.5) is 5.69 Å². The van der Waals surface area contributed by atoms with E-state index in [0.717, 1.165) is 19.4 Å². The van der Waals surface area contributed by atoms with Gasteiger partial charge in [-0.05, 0) is 37.3 Å². The van der Waals surface area contributed by atoms with Gasteiger partial charge in [-0.2, -0.15) is 0 Å². The summed E-state index contributed by atoms with van der Waals surface area (Å²) in [6.45, 7) is 3.20. The van der Waals surface area contributed by atoms with Gasteiger partial charge in [0.1, 0.15) is 6.23 Å². The molecule has 2 aliphatic rings. The molecule has 2 heterocycles. The van der Waals surface area contributed by atoms with Gasteiger partial charge in [0.05, 0.1) is 6.54 Å². The molecular weight excluding hydrogens is 186 g/mol. The molecule has 0 bridgehead atoms. The van der Waals surface area contributed by atoms with Crippen LogP contribution >= 0.6 is 0 Å². The third-order valence-electron chi connectivity index (χ3n) is 3.23. The number of aryl methyl sites for hydroxylation is 1. The van der Waals surface area contributed by atoms with Crippen LogP contribution in [0.15, 0.2) is 24.3 Å². The van der Waals surface area contributed by atoms with Gasteiger partial charge >= 0.3 is 0 Å². The summed E-state index contributed by atoms with van der Waals surface area (Å²) < 4.78 is 5.74. The van der Waals surface area contributed by atoms with Crippen molar-refractivity contribution in [3.05, 3.63) is 36.4 Å². The maximum absolute atomic E-state index is 5.74. The van der Waals surface area contributed by atoms with E-state index in [2.05, 4.69) is 35.7 Å². The summed E-state index contributed by atoms with van der Waals surface area (Å²) in [4.78, 5) is 2.33. The van der Waals surface area contributed by atoms with E-state index < -0.39 is 0 Å². The largest absolute Gasteiger partial charge is 0.358 e. The molecule has 0 amide bonds. The van der Waals surface area contributed by atoms with Gasteiger partial charge in [-0.3, -0.25) is 0 Å². The molecule has 2 nitrogen and oxygen atoms in total. The Bertz CT molecular complexity index is 344. The van der Waals surface area contributed by atoms with Crippen molar-refractivity contribution in [3.63, 3.8) is 0 Å². The molecule has 3 rings (SSSR count). The second-order valence-electron chi connectivity index (χ2n) is 4.22. The zero-order valence-electron chi connectivity index (χ0n) is 8.86. The Morgan fingerprint density at radius 1 is 1.27 bits per heavy atom. The van der Waals surface area contributed by atoms with Gasteiger partial charge in [-0.15, -0.1) is 0 Å². The number of ether oxygens (including phenoxy) is 1. The SMILES string of the molecule is [CH]1CCc2ccccc2N1C1CCCO1. The Hall–Kier alpha value is -1.02. The van der Waals surface area contributed by atoms with Crippen molar-refractivity contribution in [1.82, 2.24) is 0 Å². The van der Waals surface area contributed by atoms with E-state index in [0.29, 0.717) is 0 Å². The predicted molar refractivity (Wildman–Crippen MR) is 60.5 cm³/mol. The lowest BCUT2D eigenvalue weighted by Crippen LogP contribution is -2.35. The zero-order valence-corrected chi connectivity index (χ0v) is 8.86. The van der Waals surface area contributed by atoms with Crippen molar-refractivity contribution >= 4 is 5.69 Å². The highest BCUT2D eigenvalue weighted by Crippen LogP contribution is 2.33. The molecule has 1 saturated heterocycles. The average Bonchev–Trinajstić information content (AvgIpc) is 2.82. The van der Waals surface area contributed by atoms with Crippen LogP contribution in [0.3, 0.4) is 0 Å². The Labute approximate surface area is 90.8 Å². The van der Waals surface area contributed by atoms with Gasteiger partial charge in [0, 0.05) is 12.3 Å². The van der Waals surface area contributed by atoms with Crippen LogP contribution in [-0.4, -0.2) is 12.8 Å². The van der Waals surface area contributed by atoms with E-state index in [1.165, 1.54) is 24.1 Å². The number of benzene rings is 1. The molecule has 1 aromatic rings. The van der Waals surface area contributed by atoms with E-state index in [4.69, 9.17) is 4.74 Å². The molecule has 1 radical (unpaired) electrons. The molecule has 1 aromatic carbocycles. The molecule has 0 aliphatic carbocycles. The van der Waals surface area contributed by atoms with Crippen molar-refractivity contribution in [2.75, 3.05) is 11.5 Å². The molecule has 2 heteroatoms. The van der Waals surface area contributed by atoms with Gasteiger partial charge in [0.2, 0.25) is 0 Å². The van der Waals surface area contributed by atoms with Gasteiger partial charge in [-0.1, -0.05) is 18.2 Å². The number of anilines is 1. The van der Waals surface area contributed by atoms with Crippen molar-refractivity contribution in [3.8, 4) is 0 Å². The normalized spacial score (nSPS) is 25.3. The quantitative estimate of drug-likeness (QED) is 0.694. The monoisotopic (exact) mass is 202 g/mol. The lowest BCUT2D eigenvalue weighted by Gasteiger charge is -2.34.